The van der Waals surface area contributed by atoms with Crippen molar-refractivity contribution in [1.29, 1.82) is 0 Å². The fraction of sp³-hybridized carbons (Fsp3) is 0.308. The molecular weight excluding hydrogens is 224 g/mol. The second-order valence-electron chi connectivity index (χ2n) is 3.87. The summed E-state index contributed by atoms with van der Waals surface area (Å²) in [4.78, 5) is 12.1. The van der Waals surface area contributed by atoms with Crippen LogP contribution in [-0.4, -0.2) is 12.4 Å². The number of aryl methyl sites for hydroxylation is 1. The number of Topliss-reactive ketones (excluding diaryl/α,β-unsaturated/α-hetero) is 1. The fourth-order valence-corrected chi connectivity index (χ4v) is 1.97. The van der Waals surface area contributed by atoms with E-state index in [0.29, 0.717) is 23.0 Å². The molecule has 2 rings (SSSR count). The number of allylic oxidation sites excluding steroid dienone is 2. The van der Waals surface area contributed by atoms with Crippen LogP contribution in [-0.2, 0) is 4.74 Å². The molecule has 0 unspecified atom stereocenters. The summed E-state index contributed by atoms with van der Waals surface area (Å²) in [5.74, 6) is 0.307. The first kappa shape index (κ1) is 11.2. The molecule has 0 aromatic heterocycles. The van der Waals surface area contributed by atoms with Gasteiger partial charge in [-0.1, -0.05) is 17.7 Å². The number of carbonyl (C=O) groups excluding carboxylic acids is 1. The van der Waals surface area contributed by atoms with Crippen molar-refractivity contribution in [3.8, 4) is 0 Å². The van der Waals surface area contributed by atoms with E-state index in [1.54, 1.807) is 12.1 Å². The molecule has 0 bridgehead atoms. The molecule has 0 spiro atoms. The lowest BCUT2D eigenvalue weighted by molar-refractivity contribution is 0.0899. The highest BCUT2D eigenvalue weighted by molar-refractivity contribution is 6.34. The lowest BCUT2D eigenvalue weighted by Crippen LogP contribution is -2.11. The Morgan fingerprint density at radius 1 is 1.44 bits per heavy atom. The molecule has 0 saturated carbocycles. The summed E-state index contributed by atoms with van der Waals surface area (Å²) < 4.78 is 5.33. The van der Waals surface area contributed by atoms with Gasteiger partial charge in [0.05, 0.1) is 11.6 Å². The van der Waals surface area contributed by atoms with Crippen LogP contribution in [0, 0.1) is 6.92 Å². The smallest absolute Gasteiger partial charge is 0.228 e. The zero-order valence-electron chi connectivity index (χ0n) is 9.13. The number of hydrogen-bond acceptors (Lipinski definition) is 2. The number of ketones is 1. The molecule has 2 nitrogen and oxygen atoms in total. The molecule has 1 aromatic carbocycles. The van der Waals surface area contributed by atoms with Crippen LogP contribution >= 0.6 is 11.6 Å². The van der Waals surface area contributed by atoms with Gasteiger partial charge in [0.1, 0.15) is 0 Å². The summed E-state index contributed by atoms with van der Waals surface area (Å²) in [5, 5.41) is 0.486. The summed E-state index contributed by atoms with van der Waals surface area (Å²) >= 11 is 6.04. The third-order valence-corrected chi connectivity index (χ3v) is 2.84. The first-order chi connectivity index (χ1) is 7.68. The van der Waals surface area contributed by atoms with E-state index in [-0.39, 0.29) is 5.78 Å². The van der Waals surface area contributed by atoms with E-state index in [0.717, 1.165) is 18.4 Å². The van der Waals surface area contributed by atoms with Gasteiger partial charge in [-0.2, -0.15) is 0 Å². The van der Waals surface area contributed by atoms with Crippen molar-refractivity contribution in [3.63, 3.8) is 0 Å². The van der Waals surface area contributed by atoms with Gasteiger partial charge in [0.25, 0.3) is 0 Å². The maximum Gasteiger partial charge on any atom is 0.228 e. The standard InChI is InChI=1S/C13H13ClO2/c1-9-5-6-10(11(14)8-9)13(15)12-4-2-3-7-16-12/h4-6,8H,2-3,7H2,1H3. The SMILES string of the molecule is Cc1ccc(C(=O)C2=CCCCO2)c(Cl)c1. The Labute approximate surface area is 99.9 Å². The number of carbonyl (C=O) groups is 1. The number of hydrogen-bond donors (Lipinski definition) is 0. The quantitative estimate of drug-likeness (QED) is 0.735. The number of ether oxygens (including phenoxy) is 1. The Morgan fingerprint density at radius 2 is 2.25 bits per heavy atom. The van der Waals surface area contributed by atoms with Gasteiger partial charge in [-0.05, 0) is 43.5 Å². The minimum atomic E-state index is -0.121. The summed E-state index contributed by atoms with van der Waals surface area (Å²) in [7, 11) is 0. The van der Waals surface area contributed by atoms with Gasteiger partial charge in [-0.3, -0.25) is 4.79 Å². The molecule has 0 amide bonds. The topological polar surface area (TPSA) is 26.3 Å². The highest BCUT2D eigenvalue weighted by atomic mass is 35.5. The Hall–Kier alpha value is -1.28. The van der Waals surface area contributed by atoms with Crippen molar-refractivity contribution < 1.29 is 9.53 Å². The van der Waals surface area contributed by atoms with Gasteiger partial charge < -0.3 is 4.74 Å². The zero-order chi connectivity index (χ0) is 11.5. The minimum Gasteiger partial charge on any atom is -0.490 e. The zero-order valence-corrected chi connectivity index (χ0v) is 9.88. The molecule has 3 heteroatoms. The van der Waals surface area contributed by atoms with Crippen LogP contribution in [0.3, 0.4) is 0 Å². The summed E-state index contributed by atoms with van der Waals surface area (Å²) in [6.45, 7) is 2.55. The molecule has 1 aromatic rings. The summed E-state index contributed by atoms with van der Waals surface area (Å²) in [6.07, 6.45) is 3.70. The van der Waals surface area contributed by atoms with E-state index >= 15 is 0 Å². The van der Waals surface area contributed by atoms with Crippen LogP contribution in [0.1, 0.15) is 28.8 Å². The molecule has 0 atom stereocenters. The van der Waals surface area contributed by atoms with Gasteiger partial charge in [0.15, 0.2) is 5.76 Å². The largest absolute Gasteiger partial charge is 0.490 e. The van der Waals surface area contributed by atoms with Crippen molar-refractivity contribution in [2.75, 3.05) is 6.61 Å². The summed E-state index contributed by atoms with van der Waals surface area (Å²) in [6, 6.07) is 5.42. The van der Waals surface area contributed by atoms with Crippen LogP contribution in [0.2, 0.25) is 5.02 Å². The van der Waals surface area contributed by atoms with Crippen molar-refractivity contribution in [3.05, 3.63) is 46.2 Å². The Morgan fingerprint density at radius 3 is 2.88 bits per heavy atom. The molecule has 0 N–H and O–H groups in total. The highest BCUT2D eigenvalue weighted by Crippen LogP contribution is 2.22. The predicted octanol–water partition coefficient (Wildman–Crippen LogP) is 3.53. The molecule has 16 heavy (non-hydrogen) atoms. The lowest BCUT2D eigenvalue weighted by Gasteiger charge is -2.14. The molecule has 84 valence electrons. The average molecular weight is 237 g/mol. The number of benzene rings is 1. The molecule has 1 aliphatic heterocycles. The molecule has 1 heterocycles. The predicted molar refractivity (Wildman–Crippen MR) is 63.8 cm³/mol. The van der Waals surface area contributed by atoms with Crippen molar-refractivity contribution in [1.82, 2.24) is 0 Å². The molecular formula is C13H13ClO2. The molecule has 1 aliphatic rings. The Kier molecular flexibility index (Phi) is 3.30. The van der Waals surface area contributed by atoms with Gasteiger partial charge in [-0.15, -0.1) is 0 Å². The van der Waals surface area contributed by atoms with E-state index in [2.05, 4.69) is 0 Å². The van der Waals surface area contributed by atoms with E-state index in [4.69, 9.17) is 16.3 Å². The second kappa shape index (κ2) is 4.71. The van der Waals surface area contributed by atoms with E-state index in [1.807, 2.05) is 19.1 Å². The van der Waals surface area contributed by atoms with Crippen LogP contribution in [0.5, 0.6) is 0 Å². The van der Waals surface area contributed by atoms with Crippen molar-refractivity contribution in [2.24, 2.45) is 0 Å². The Bertz CT molecular complexity index is 449. The van der Waals surface area contributed by atoms with Gasteiger partial charge in [0.2, 0.25) is 5.78 Å². The maximum absolute atomic E-state index is 12.1. The maximum atomic E-state index is 12.1. The highest BCUT2D eigenvalue weighted by Gasteiger charge is 2.18. The third kappa shape index (κ3) is 2.27. The molecule has 0 fully saturated rings. The van der Waals surface area contributed by atoms with E-state index in [1.165, 1.54) is 0 Å². The fourth-order valence-electron chi connectivity index (χ4n) is 1.65. The Balaban J connectivity index is 2.30. The number of halogens is 1. The van der Waals surface area contributed by atoms with E-state index in [9.17, 15) is 4.79 Å². The van der Waals surface area contributed by atoms with Gasteiger partial charge >= 0.3 is 0 Å². The van der Waals surface area contributed by atoms with E-state index < -0.39 is 0 Å². The summed E-state index contributed by atoms with van der Waals surface area (Å²) in [5.41, 5.74) is 1.56. The average Bonchev–Trinajstić information content (AvgIpc) is 2.29. The molecule has 0 aliphatic carbocycles. The molecule has 0 saturated heterocycles. The number of rotatable bonds is 2. The normalized spacial score (nSPS) is 15.2. The first-order valence-corrected chi connectivity index (χ1v) is 5.70. The van der Waals surface area contributed by atoms with Crippen LogP contribution < -0.4 is 0 Å². The minimum absolute atomic E-state index is 0.121. The van der Waals surface area contributed by atoms with Crippen molar-refractivity contribution >= 4 is 17.4 Å². The van der Waals surface area contributed by atoms with Gasteiger partial charge in [-0.25, -0.2) is 0 Å². The van der Waals surface area contributed by atoms with Gasteiger partial charge in [0, 0.05) is 5.56 Å². The van der Waals surface area contributed by atoms with Crippen molar-refractivity contribution in [2.45, 2.75) is 19.8 Å². The third-order valence-electron chi connectivity index (χ3n) is 2.53. The molecule has 0 radical (unpaired) electrons. The first-order valence-electron chi connectivity index (χ1n) is 5.32. The van der Waals surface area contributed by atoms with Crippen LogP contribution in [0.15, 0.2) is 30.0 Å². The second-order valence-corrected chi connectivity index (χ2v) is 4.28. The lowest BCUT2D eigenvalue weighted by atomic mass is 10.1. The monoisotopic (exact) mass is 236 g/mol. The van der Waals surface area contributed by atoms with Crippen LogP contribution in [0.25, 0.3) is 0 Å². The van der Waals surface area contributed by atoms with Crippen LogP contribution in [0.4, 0.5) is 0 Å².